The first-order valence-corrected chi connectivity index (χ1v) is 18.1. The molecule has 0 aliphatic carbocycles. The highest BCUT2D eigenvalue weighted by atomic mass is 28.3. The molecular weight excluding hydrogens is 514 g/mol. The number of fused-ring (bicyclic) bond motifs is 1. The maximum Gasteiger partial charge on any atom is 0.176 e. The largest absolute Gasteiger partial charge is 0.361 e. The summed E-state index contributed by atoms with van der Waals surface area (Å²) in [5.74, 6) is 1.13. The first-order valence-electron chi connectivity index (χ1n) is 14.4. The number of ether oxygens (including phenoxy) is 1. The van der Waals surface area contributed by atoms with Crippen molar-refractivity contribution in [3.8, 4) is 11.3 Å². The van der Waals surface area contributed by atoms with Crippen LogP contribution in [0.25, 0.3) is 22.4 Å². The van der Waals surface area contributed by atoms with Gasteiger partial charge in [0.25, 0.3) is 0 Å². The fourth-order valence-corrected chi connectivity index (χ4v) is 6.39. The minimum absolute atomic E-state index is 0.184. The fourth-order valence-electron chi connectivity index (χ4n) is 5.64. The van der Waals surface area contributed by atoms with Crippen molar-refractivity contribution in [3.05, 3.63) is 78.4 Å². The molecule has 0 unspecified atom stereocenters. The van der Waals surface area contributed by atoms with Gasteiger partial charge in [0, 0.05) is 51.3 Å². The third kappa shape index (κ3) is 7.30. The summed E-state index contributed by atoms with van der Waals surface area (Å²) in [5.41, 5.74) is 5.39. The number of nitrogens with zero attached hydrogens (tertiary/aromatic N) is 5. The van der Waals surface area contributed by atoms with Crippen molar-refractivity contribution < 1.29 is 9.53 Å². The number of hydrogen-bond donors (Lipinski definition) is 0. The Morgan fingerprint density at radius 2 is 1.88 bits per heavy atom. The van der Waals surface area contributed by atoms with Crippen LogP contribution in [-0.2, 0) is 17.9 Å². The van der Waals surface area contributed by atoms with E-state index in [1.54, 1.807) is 0 Å². The van der Waals surface area contributed by atoms with Crippen LogP contribution in [0.2, 0.25) is 25.7 Å². The molecule has 0 spiro atoms. The molecule has 0 saturated carbocycles. The van der Waals surface area contributed by atoms with E-state index >= 15 is 0 Å². The Hall–Kier alpha value is -3.20. The second kappa shape index (κ2) is 12.5. The third-order valence-corrected chi connectivity index (χ3v) is 9.33. The van der Waals surface area contributed by atoms with E-state index in [0.29, 0.717) is 25.1 Å². The van der Waals surface area contributed by atoms with Crippen LogP contribution in [0.5, 0.6) is 0 Å². The Kier molecular flexibility index (Phi) is 8.88. The van der Waals surface area contributed by atoms with Crippen molar-refractivity contribution in [1.29, 1.82) is 0 Å². The van der Waals surface area contributed by atoms with Gasteiger partial charge in [-0.05, 0) is 48.9 Å². The first kappa shape index (κ1) is 28.3. The zero-order valence-electron chi connectivity index (χ0n) is 24.2. The maximum absolute atomic E-state index is 12.9. The Morgan fingerprint density at radius 3 is 2.67 bits per heavy atom. The molecule has 0 radical (unpaired) electrons. The molecule has 1 aromatic carbocycles. The summed E-state index contributed by atoms with van der Waals surface area (Å²) in [4.78, 5) is 29.7. The summed E-state index contributed by atoms with van der Waals surface area (Å²) in [6.45, 7) is 12.9. The van der Waals surface area contributed by atoms with E-state index in [4.69, 9.17) is 19.7 Å². The zero-order valence-corrected chi connectivity index (χ0v) is 25.2. The van der Waals surface area contributed by atoms with Crippen LogP contribution in [0.1, 0.15) is 29.4 Å². The number of ketones is 1. The van der Waals surface area contributed by atoms with Crippen LogP contribution < -0.4 is 0 Å². The normalized spacial score (nSPS) is 18.3. The van der Waals surface area contributed by atoms with Gasteiger partial charge in [0.05, 0.1) is 24.1 Å². The number of benzene rings is 1. The molecule has 7 nitrogen and oxygen atoms in total. The Bertz CT molecular complexity index is 1430. The molecule has 2 atom stereocenters. The topological polar surface area (TPSA) is 73.1 Å². The monoisotopic (exact) mass is 555 g/mol. The van der Waals surface area contributed by atoms with Crippen molar-refractivity contribution in [2.45, 2.75) is 52.2 Å². The molecule has 1 aliphatic rings. The lowest BCUT2D eigenvalue weighted by Gasteiger charge is -2.36. The Balaban J connectivity index is 1.27. The molecule has 210 valence electrons. The van der Waals surface area contributed by atoms with Crippen LogP contribution in [0.15, 0.2) is 67.1 Å². The van der Waals surface area contributed by atoms with E-state index in [1.807, 2.05) is 65.6 Å². The summed E-state index contributed by atoms with van der Waals surface area (Å²) in [7, 11) is -1.11. The second-order valence-corrected chi connectivity index (χ2v) is 18.1. The first-order chi connectivity index (χ1) is 19.2. The number of Topliss-reactive ketones (excluding diaryl/α,β-unsaturated/α-hetero) is 1. The van der Waals surface area contributed by atoms with Crippen molar-refractivity contribution in [2.75, 3.05) is 26.2 Å². The third-order valence-electron chi connectivity index (χ3n) is 7.62. The molecule has 5 rings (SSSR count). The zero-order chi connectivity index (χ0) is 28.1. The summed E-state index contributed by atoms with van der Waals surface area (Å²) >= 11 is 0. The average Bonchev–Trinajstić information content (AvgIpc) is 3.33. The molecule has 3 aromatic heterocycles. The number of pyridine rings is 1. The molecule has 1 saturated heterocycles. The SMILES string of the molecule is C[C@H]1C[C@H](Cc2ncccc2-c2cnc3c(ccn3COCC[Si](C)(C)C)n2)CN(CC(=O)c2ccccc2)C1. The molecule has 1 fully saturated rings. The van der Waals surface area contributed by atoms with Crippen LogP contribution in [0.3, 0.4) is 0 Å². The van der Waals surface area contributed by atoms with Gasteiger partial charge in [0.2, 0.25) is 0 Å². The number of hydrogen-bond acceptors (Lipinski definition) is 6. The minimum atomic E-state index is -1.11. The number of aromatic nitrogens is 4. The highest BCUT2D eigenvalue weighted by Crippen LogP contribution is 2.29. The van der Waals surface area contributed by atoms with Crippen LogP contribution in [-0.4, -0.2) is 64.5 Å². The van der Waals surface area contributed by atoms with Crippen LogP contribution in [0.4, 0.5) is 0 Å². The van der Waals surface area contributed by atoms with Crippen molar-refractivity contribution in [3.63, 3.8) is 0 Å². The minimum Gasteiger partial charge on any atom is -0.361 e. The summed E-state index contributed by atoms with van der Waals surface area (Å²) in [6, 6.07) is 16.8. The number of carbonyl (C=O) groups excluding carboxylic acids is 1. The standard InChI is InChI=1S/C32H41N5O2Si/c1-24-17-25(21-36(20-24)22-31(38)26-9-6-5-7-10-26)18-29-27(11-8-13-33-29)30-19-34-32-28(35-30)12-14-37(32)23-39-15-16-40(2,3)4/h5-14,19,24-25H,15-18,20-23H2,1-4H3/t24-,25+/m0/s1. The number of likely N-dealkylation sites (tertiary alicyclic amines) is 1. The predicted octanol–water partition coefficient (Wildman–Crippen LogP) is 6.19. The van der Waals surface area contributed by atoms with Gasteiger partial charge in [-0.15, -0.1) is 0 Å². The fraction of sp³-hybridized carbons (Fsp3) is 0.438. The molecule has 40 heavy (non-hydrogen) atoms. The smallest absolute Gasteiger partial charge is 0.176 e. The predicted molar refractivity (Wildman–Crippen MR) is 163 cm³/mol. The summed E-state index contributed by atoms with van der Waals surface area (Å²) in [5, 5.41) is 0. The van der Waals surface area contributed by atoms with Crippen molar-refractivity contribution in [2.24, 2.45) is 11.8 Å². The lowest BCUT2D eigenvalue weighted by Crippen LogP contribution is -2.43. The molecule has 4 aromatic rings. The highest BCUT2D eigenvalue weighted by Gasteiger charge is 2.27. The highest BCUT2D eigenvalue weighted by molar-refractivity contribution is 6.76. The van der Waals surface area contributed by atoms with E-state index in [1.165, 1.54) is 0 Å². The van der Waals surface area contributed by atoms with Gasteiger partial charge in [-0.25, -0.2) is 9.97 Å². The second-order valence-electron chi connectivity index (χ2n) is 12.5. The van der Waals surface area contributed by atoms with E-state index in [9.17, 15) is 4.79 Å². The van der Waals surface area contributed by atoms with E-state index in [-0.39, 0.29) is 5.78 Å². The van der Waals surface area contributed by atoms with Crippen molar-refractivity contribution in [1.82, 2.24) is 24.4 Å². The number of carbonyl (C=O) groups is 1. The van der Waals surface area contributed by atoms with Gasteiger partial charge in [0.15, 0.2) is 11.4 Å². The van der Waals surface area contributed by atoms with Gasteiger partial charge >= 0.3 is 0 Å². The van der Waals surface area contributed by atoms with Gasteiger partial charge in [-0.3, -0.25) is 14.7 Å². The molecule has 0 bridgehead atoms. The number of rotatable bonds is 11. The Labute approximate surface area is 238 Å². The molecule has 0 amide bonds. The summed E-state index contributed by atoms with van der Waals surface area (Å²) in [6.07, 6.45) is 7.69. The van der Waals surface area contributed by atoms with E-state index in [2.05, 4.69) is 37.5 Å². The number of piperidine rings is 1. The maximum atomic E-state index is 12.9. The summed E-state index contributed by atoms with van der Waals surface area (Å²) < 4.78 is 7.96. The van der Waals surface area contributed by atoms with Crippen LogP contribution in [0, 0.1) is 11.8 Å². The average molecular weight is 556 g/mol. The lowest BCUT2D eigenvalue weighted by molar-refractivity contribution is 0.0835. The quantitative estimate of drug-likeness (QED) is 0.125. The molecule has 8 heteroatoms. The van der Waals surface area contributed by atoms with Crippen LogP contribution >= 0.6 is 0 Å². The lowest BCUT2D eigenvalue weighted by atomic mass is 9.86. The molecule has 0 N–H and O–H groups in total. The van der Waals surface area contributed by atoms with Crippen molar-refractivity contribution >= 4 is 25.0 Å². The van der Waals surface area contributed by atoms with E-state index < -0.39 is 8.07 Å². The Morgan fingerprint density at radius 1 is 1.05 bits per heavy atom. The van der Waals surface area contributed by atoms with E-state index in [0.717, 1.165) is 72.3 Å². The van der Waals surface area contributed by atoms with Gasteiger partial charge in [-0.2, -0.15) is 0 Å². The molecule has 1 aliphatic heterocycles. The van der Waals surface area contributed by atoms with Gasteiger partial charge < -0.3 is 9.30 Å². The molecule has 4 heterocycles. The molecular formula is C32H41N5O2Si. The van der Waals surface area contributed by atoms with Gasteiger partial charge in [-0.1, -0.05) is 56.9 Å². The van der Waals surface area contributed by atoms with Gasteiger partial charge in [0.1, 0.15) is 12.2 Å².